The zero-order chi connectivity index (χ0) is 11.5. The average Bonchev–Trinajstić information content (AvgIpc) is 2.28. The Bertz CT molecular complexity index is 320. The van der Waals surface area contributed by atoms with Crippen molar-refractivity contribution in [2.24, 2.45) is 0 Å². The lowest BCUT2D eigenvalue weighted by Crippen LogP contribution is -2.32. The highest BCUT2D eigenvalue weighted by Crippen LogP contribution is 2.33. The van der Waals surface area contributed by atoms with Gasteiger partial charge in [0.1, 0.15) is 11.9 Å². The molecule has 0 aromatic heterocycles. The Morgan fingerprint density at radius 2 is 2.00 bits per heavy atom. The summed E-state index contributed by atoms with van der Waals surface area (Å²) in [5.74, 6) is 0.596. The Morgan fingerprint density at radius 1 is 1.40 bits per heavy atom. The number of aliphatic hydroxyl groups excluding tert-OH is 1. The molecule has 3 heteroatoms. The third-order valence-electron chi connectivity index (χ3n) is 2.74. The van der Waals surface area contributed by atoms with Crippen molar-refractivity contribution in [1.29, 1.82) is 0 Å². The lowest BCUT2D eigenvalue weighted by Gasteiger charge is -2.28. The summed E-state index contributed by atoms with van der Waals surface area (Å²) in [5, 5.41) is 20.0. The first-order valence-corrected chi connectivity index (χ1v) is 5.06. The van der Waals surface area contributed by atoms with Gasteiger partial charge in [0.2, 0.25) is 0 Å². The molecule has 3 nitrogen and oxygen atoms in total. The maximum absolute atomic E-state index is 10.0. The first-order chi connectivity index (χ1) is 7.03. The molecule has 1 rings (SSSR count). The summed E-state index contributed by atoms with van der Waals surface area (Å²) in [6.45, 7) is 3.45. The number of benzene rings is 1. The van der Waals surface area contributed by atoms with Gasteiger partial charge in [-0.05, 0) is 19.4 Å². The summed E-state index contributed by atoms with van der Waals surface area (Å²) in [6.07, 6.45) is -0.453. The molecule has 84 valence electrons. The third-order valence-corrected chi connectivity index (χ3v) is 2.74. The standard InChI is InChI=1S/C12H18O3/c1-4-12(2,14)11(13)9-7-5-6-8-10(9)15-3/h5-8,11,13-14H,4H2,1-3H3. The molecule has 0 spiro atoms. The zero-order valence-electron chi connectivity index (χ0n) is 9.40. The lowest BCUT2D eigenvalue weighted by molar-refractivity contribution is -0.0666. The van der Waals surface area contributed by atoms with Crippen LogP contribution in [0.5, 0.6) is 5.75 Å². The van der Waals surface area contributed by atoms with Gasteiger partial charge in [0.15, 0.2) is 0 Å². The Kier molecular flexibility index (Phi) is 3.72. The third kappa shape index (κ3) is 2.49. The van der Waals surface area contributed by atoms with Gasteiger partial charge < -0.3 is 14.9 Å². The van der Waals surface area contributed by atoms with Gasteiger partial charge in [-0.3, -0.25) is 0 Å². The molecule has 15 heavy (non-hydrogen) atoms. The van der Waals surface area contributed by atoms with Crippen LogP contribution >= 0.6 is 0 Å². The maximum Gasteiger partial charge on any atom is 0.124 e. The van der Waals surface area contributed by atoms with E-state index in [9.17, 15) is 10.2 Å². The fourth-order valence-corrected chi connectivity index (χ4v) is 1.42. The van der Waals surface area contributed by atoms with Crippen molar-refractivity contribution in [2.75, 3.05) is 7.11 Å². The maximum atomic E-state index is 10.0. The number of methoxy groups -OCH3 is 1. The molecule has 2 atom stereocenters. The first-order valence-electron chi connectivity index (χ1n) is 5.06. The van der Waals surface area contributed by atoms with Gasteiger partial charge in [-0.2, -0.15) is 0 Å². The van der Waals surface area contributed by atoms with Gasteiger partial charge in [0, 0.05) is 5.56 Å². The normalized spacial score (nSPS) is 16.9. The number of aliphatic hydroxyl groups is 2. The average molecular weight is 210 g/mol. The van der Waals surface area contributed by atoms with Gasteiger partial charge in [-0.15, -0.1) is 0 Å². The van der Waals surface area contributed by atoms with E-state index in [4.69, 9.17) is 4.74 Å². The number of hydrogen-bond acceptors (Lipinski definition) is 3. The fraction of sp³-hybridized carbons (Fsp3) is 0.500. The highest BCUT2D eigenvalue weighted by molar-refractivity contribution is 5.36. The van der Waals surface area contributed by atoms with E-state index in [2.05, 4.69) is 0 Å². The molecule has 0 saturated heterocycles. The van der Waals surface area contributed by atoms with Crippen molar-refractivity contribution in [3.63, 3.8) is 0 Å². The van der Waals surface area contributed by atoms with Crippen LogP contribution in [-0.2, 0) is 0 Å². The molecule has 1 aromatic carbocycles. The van der Waals surface area contributed by atoms with Crippen LogP contribution in [0.3, 0.4) is 0 Å². The highest BCUT2D eigenvalue weighted by Gasteiger charge is 2.31. The SMILES string of the molecule is CCC(C)(O)C(O)c1ccccc1OC. The van der Waals surface area contributed by atoms with Crippen LogP contribution in [0.25, 0.3) is 0 Å². The van der Waals surface area contributed by atoms with Crippen LogP contribution < -0.4 is 4.74 Å². The van der Waals surface area contributed by atoms with E-state index in [1.54, 1.807) is 26.2 Å². The Hall–Kier alpha value is -1.06. The van der Waals surface area contributed by atoms with Crippen molar-refractivity contribution < 1.29 is 14.9 Å². The van der Waals surface area contributed by atoms with Gasteiger partial charge in [0.25, 0.3) is 0 Å². The number of rotatable bonds is 4. The lowest BCUT2D eigenvalue weighted by atomic mass is 9.90. The number of hydrogen-bond donors (Lipinski definition) is 2. The van der Waals surface area contributed by atoms with Crippen molar-refractivity contribution >= 4 is 0 Å². The van der Waals surface area contributed by atoms with E-state index in [0.717, 1.165) is 0 Å². The van der Waals surface area contributed by atoms with Crippen molar-refractivity contribution in [3.8, 4) is 5.75 Å². The van der Waals surface area contributed by atoms with Crippen LogP contribution in [0.4, 0.5) is 0 Å². The summed E-state index contributed by atoms with van der Waals surface area (Å²) in [4.78, 5) is 0. The van der Waals surface area contributed by atoms with Crippen LogP contribution in [0, 0.1) is 0 Å². The predicted molar refractivity (Wildman–Crippen MR) is 58.9 cm³/mol. The molecule has 0 aliphatic rings. The quantitative estimate of drug-likeness (QED) is 0.797. The molecule has 0 radical (unpaired) electrons. The molecular formula is C12H18O3. The summed E-state index contributed by atoms with van der Waals surface area (Å²) in [6, 6.07) is 7.17. The molecule has 0 fully saturated rings. The molecule has 0 aliphatic heterocycles. The topological polar surface area (TPSA) is 49.7 Å². The minimum atomic E-state index is -1.13. The minimum Gasteiger partial charge on any atom is -0.496 e. The van der Waals surface area contributed by atoms with Crippen molar-refractivity contribution in [1.82, 2.24) is 0 Å². The highest BCUT2D eigenvalue weighted by atomic mass is 16.5. The largest absolute Gasteiger partial charge is 0.496 e. The molecule has 2 N–H and O–H groups in total. The molecule has 1 aromatic rings. The van der Waals surface area contributed by atoms with Gasteiger partial charge >= 0.3 is 0 Å². The molecular weight excluding hydrogens is 192 g/mol. The van der Waals surface area contributed by atoms with Crippen LogP contribution in [-0.4, -0.2) is 22.9 Å². The zero-order valence-corrected chi connectivity index (χ0v) is 9.40. The second-order valence-electron chi connectivity index (χ2n) is 3.86. The van der Waals surface area contributed by atoms with Gasteiger partial charge in [0.05, 0.1) is 12.7 Å². The van der Waals surface area contributed by atoms with Gasteiger partial charge in [-0.1, -0.05) is 25.1 Å². The summed E-state index contributed by atoms with van der Waals surface area (Å²) < 4.78 is 5.14. The van der Waals surface area contributed by atoms with Gasteiger partial charge in [-0.25, -0.2) is 0 Å². The Balaban J connectivity index is 3.05. The smallest absolute Gasteiger partial charge is 0.124 e. The molecule has 0 heterocycles. The second kappa shape index (κ2) is 4.64. The number of para-hydroxylation sites is 1. The molecule has 0 amide bonds. The summed E-state index contributed by atoms with van der Waals surface area (Å²) in [7, 11) is 1.55. The van der Waals surface area contributed by atoms with E-state index >= 15 is 0 Å². The summed E-state index contributed by atoms with van der Waals surface area (Å²) in [5.41, 5.74) is -0.513. The molecule has 0 aliphatic carbocycles. The minimum absolute atomic E-state index is 0.478. The first kappa shape index (κ1) is 12.0. The van der Waals surface area contributed by atoms with Crippen LogP contribution in [0.1, 0.15) is 31.9 Å². The molecule has 0 saturated carbocycles. The van der Waals surface area contributed by atoms with Crippen molar-refractivity contribution in [3.05, 3.63) is 29.8 Å². The Labute approximate surface area is 90.3 Å². The molecule has 2 unspecified atom stereocenters. The second-order valence-corrected chi connectivity index (χ2v) is 3.86. The van der Waals surface area contributed by atoms with E-state index in [1.165, 1.54) is 0 Å². The monoisotopic (exact) mass is 210 g/mol. The van der Waals surface area contributed by atoms with E-state index < -0.39 is 11.7 Å². The van der Waals surface area contributed by atoms with Crippen LogP contribution in [0.2, 0.25) is 0 Å². The summed E-state index contributed by atoms with van der Waals surface area (Å²) >= 11 is 0. The van der Waals surface area contributed by atoms with E-state index in [0.29, 0.717) is 17.7 Å². The van der Waals surface area contributed by atoms with E-state index in [1.807, 2.05) is 19.1 Å². The van der Waals surface area contributed by atoms with E-state index in [-0.39, 0.29) is 0 Å². The fourth-order valence-electron chi connectivity index (χ4n) is 1.42. The van der Waals surface area contributed by atoms with Crippen LogP contribution in [0.15, 0.2) is 24.3 Å². The van der Waals surface area contributed by atoms with Crippen molar-refractivity contribution in [2.45, 2.75) is 32.0 Å². The predicted octanol–water partition coefficient (Wildman–Crippen LogP) is 1.89. The Morgan fingerprint density at radius 3 is 2.53 bits per heavy atom. The molecule has 0 bridgehead atoms. The number of ether oxygens (including phenoxy) is 1.